The molecule has 0 saturated carbocycles. The van der Waals surface area contributed by atoms with Crippen LogP contribution in [0.2, 0.25) is 6.55 Å². The van der Waals surface area contributed by atoms with Gasteiger partial charge < -0.3 is 0 Å². The molecule has 25 heavy (non-hydrogen) atoms. The van der Waals surface area contributed by atoms with Crippen molar-refractivity contribution in [1.82, 2.24) is 0 Å². The van der Waals surface area contributed by atoms with Crippen LogP contribution in [0.5, 0.6) is 0 Å². The van der Waals surface area contributed by atoms with Gasteiger partial charge in [-0.2, -0.15) is 0 Å². The Bertz CT molecular complexity index is 731. The van der Waals surface area contributed by atoms with Gasteiger partial charge in [-0.25, -0.2) is 0 Å². The minimum absolute atomic E-state index is 0. The maximum Gasteiger partial charge on any atom is 0.0496 e. The zero-order valence-electron chi connectivity index (χ0n) is 15.5. The van der Waals surface area contributed by atoms with Crippen LogP contribution in [0.15, 0.2) is 48.0 Å². The summed E-state index contributed by atoms with van der Waals surface area (Å²) >= 11 is 0. The van der Waals surface area contributed by atoms with Crippen molar-refractivity contribution in [2.45, 2.75) is 45.2 Å². The van der Waals surface area contributed by atoms with E-state index in [1.807, 2.05) is 0 Å². The number of allylic oxidation sites excluding steroid dienone is 1. The first-order valence-corrected chi connectivity index (χ1v) is 9.59. The fourth-order valence-corrected chi connectivity index (χ4v) is 4.44. The van der Waals surface area contributed by atoms with Gasteiger partial charge in [0.1, 0.15) is 0 Å². The van der Waals surface area contributed by atoms with E-state index >= 15 is 0 Å². The maximum absolute atomic E-state index is 2.39. The Balaban J connectivity index is 0.00000192. The molecule has 1 atom stereocenters. The fourth-order valence-electron chi connectivity index (χ4n) is 3.34. The summed E-state index contributed by atoms with van der Waals surface area (Å²) in [6.07, 6.45) is 2.39. The molecule has 4 heteroatoms. The first-order chi connectivity index (χ1) is 10.4. The molecule has 0 spiro atoms. The zero-order valence-corrected chi connectivity index (χ0v) is 20.6. The molecule has 0 aliphatic heterocycles. The van der Waals surface area contributed by atoms with Crippen LogP contribution >= 0.6 is 24.8 Å². The Morgan fingerprint density at radius 3 is 2.04 bits per heavy atom. The molecular weight excluding hydrogens is 442 g/mol. The topological polar surface area (TPSA) is 0 Å². The van der Waals surface area contributed by atoms with Gasteiger partial charge in [-0.15, -0.1) is 24.8 Å². The molecule has 132 valence electrons. The van der Waals surface area contributed by atoms with E-state index in [1.165, 1.54) is 33.4 Å². The predicted molar refractivity (Wildman–Crippen MR) is 113 cm³/mol. The molecule has 3 rings (SSSR count). The summed E-state index contributed by atoms with van der Waals surface area (Å²) in [6, 6.07) is 15.9. The molecule has 1 aliphatic carbocycles. The molecule has 2 aromatic rings. The zero-order chi connectivity index (χ0) is 15.9. The third kappa shape index (κ3) is 4.98. The quantitative estimate of drug-likeness (QED) is 0.430. The molecule has 1 aliphatic rings. The van der Waals surface area contributed by atoms with Crippen molar-refractivity contribution in [2.75, 3.05) is 0 Å². The molecule has 0 heterocycles. The third-order valence-electron chi connectivity index (χ3n) is 4.63. The molecular formula is C21H26Cl2SiZr. The molecule has 0 fully saturated rings. The predicted octanol–water partition coefficient (Wildman–Crippen LogP) is 6.70. The van der Waals surface area contributed by atoms with Crippen molar-refractivity contribution in [3.63, 3.8) is 0 Å². The van der Waals surface area contributed by atoms with Crippen molar-refractivity contribution in [2.24, 2.45) is 0 Å². The summed E-state index contributed by atoms with van der Waals surface area (Å²) in [6.45, 7) is 11.4. The summed E-state index contributed by atoms with van der Waals surface area (Å²) in [4.78, 5) is 0. The number of fused-ring (bicyclic) bond motifs is 1. The summed E-state index contributed by atoms with van der Waals surface area (Å²) in [5, 5.41) is 0. The minimum atomic E-state index is 0. The van der Waals surface area contributed by atoms with Gasteiger partial charge in [0.05, 0.1) is 0 Å². The van der Waals surface area contributed by atoms with Crippen molar-refractivity contribution in [3.05, 3.63) is 64.7 Å². The molecule has 0 aromatic heterocycles. The van der Waals surface area contributed by atoms with E-state index in [9.17, 15) is 0 Å². The monoisotopic (exact) mass is 466 g/mol. The van der Waals surface area contributed by atoms with Gasteiger partial charge in [0, 0.05) is 35.7 Å². The van der Waals surface area contributed by atoms with Crippen LogP contribution in [0.4, 0.5) is 0 Å². The summed E-state index contributed by atoms with van der Waals surface area (Å²) in [5.41, 5.74) is 9.38. The van der Waals surface area contributed by atoms with E-state index in [4.69, 9.17) is 0 Å². The fraction of sp³-hybridized carbons (Fsp3) is 0.333. The molecule has 1 unspecified atom stereocenters. The van der Waals surface area contributed by atoms with Crippen molar-refractivity contribution < 1.29 is 26.2 Å². The molecule has 0 saturated heterocycles. The molecule has 2 radical (unpaired) electrons. The van der Waals surface area contributed by atoms with E-state index in [1.54, 1.807) is 0 Å². The number of hydrogen-bond acceptors (Lipinski definition) is 0. The van der Waals surface area contributed by atoms with Crippen LogP contribution in [-0.2, 0) is 31.6 Å². The van der Waals surface area contributed by atoms with Crippen LogP contribution in [0, 0.1) is 0 Å². The van der Waals surface area contributed by atoms with Crippen LogP contribution < -0.4 is 0 Å². The minimum Gasteiger partial charge on any atom is -0.147 e. The largest absolute Gasteiger partial charge is 0.147 e. The van der Waals surface area contributed by atoms with Crippen LogP contribution in [0.3, 0.4) is 0 Å². The Hall–Kier alpha value is -0.140. The Labute approximate surface area is 186 Å². The summed E-state index contributed by atoms with van der Waals surface area (Å²) in [5.74, 6) is 0. The van der Waals surface area contributed by atoms with Crippen molar-refractivity contribution in [1.29, 1.82) is 0 Å². The number of hydrogen-bond donors (Lipinski definition) is 0. The normalized spacial score (nSPS) is 15.2. The van der Waals surface area contributed by atoms with Gasteiger partial charge in [0.15, 0.2) is 0 Å². The van der Waals surface area contributed by atoms with Gasteiger partial charge in [0.2, 0.25) is 0 Å². The average molecular weight is 469 g/mol. The van der Waals surface area contributed by atoms with Crippen molar-refractivity contribution in [3.8, 4) is 11.1 Å². The van der Waals surface area contributed by atoms with E-state index in [-0.39, 0.29) is 56.4 Å². The molecule has 2 aromatic carbocycles. The van der Waals surface area contributed by atoms with Gasteiger partial charge in [0.25, 0.3) is 0 Å². The van der Waals surface area contributed by atoms with E-state index < -0.39 is 0 Å². The van der Waals surface area contributed by atoms with Crippen molar-refractivity contribution >= 4 is 40.4 Å². The molecule has 0 amide bonds. The average Bonchev–Trinajstić information content (AvgIpc) is 2.81. The van der Waals surface area contributed by atoms with Crippen LogP contribution in [-0.4, -0.2) is 9.52 Å². The Morgan fingerprint density at radius 1 is 0.920 bits per heavy atom. The van der Waals surface area contributed by atoms with Gasteiger partial charge in [-0.3, -0.25) is 0 Å². The van der Waals surface area contributed by atoms with Gasteiger partial charge >= 0.3 is 0 Å². The second-order valence-electron chi connectivity index (χ2n) is 7.25. The van der Waals surface area contributed by atoms with E-state index in [2.05, 4.69) is 82.8 Å². The SMILES string of the molecule is C[Si]C1C(C)=Cc2c(-c3ccc(C(C)(C)C)cc3)cccc21.Cl.Cl.[Zr]. The van der Waals surface area contributed by atoms with E-state index in [0.717, 1.165) is 9.52 Å². The second kappa shape index (κ2) is 9.70. The maximum atomic E-state index is 2.39. The Morgan fingerprint density at radius 2 is 1.52 bits per heavy atom. The number of benzene rings is 2. The smallest absolute Gasteiger partial charge is 0.0496 e. The molecule has 0 bridgehead atoms. The summed E-state index contributed by atoms with van der Waals surface area (Å²) < 4.78 is 0. The van der Waals surface area contributed by atoms with Gasteiger partial charge in [-0.05, 0) is 45.7 Å². The third-order valence-corrected chi connectivity index (χ3v) is 5.97. The number of halogens is 2. The standard InChI is InChI=1S/C21H24Si.2ClH.Zr/c1-14-13-19-17(7-6-8-18(19)20(14)22-5)15-9-11-16(12-10-15)21(2,3)4;;;/h6-13,20H,1-5H3;2*1H;. The second-order valence-corrected chi connectivity index (χ2v) is 8.40. The summed E-state index contributed by atoms with van der Waals surface area (Å²) in [7, 11) is 0.935. The Kier molecular flexibility index (Phi) is 9.64. The van der Waals surface area contributed by atoms with Crippen LogP contribution in [0.1, 0.15) is 49.9 Å². The first-order valence-electron chi connectivity index (χ1n) is 8.01. The van der Waals surface area contributed by atoms with Gasteiger partial charge in [-0.1, -0.05) is 81.4 Å². The van der Waals surface area contributed by atoms with Crippen LogP contribution in [0.25, 0.3) is 17.2 Å². The molecule has 0 nitrogen and oxygen atoms in total. The molecule has 0 N–H and O–H groups in total. The van der Waals surface area contributed by atoms with E-state index in [0.29, 0.717) is 5.54 Å². The number of rotatable bonds is 2. The first kappa shape index (κ1) is 24.9.